The van der Waals surface area contributed by atoms with Gasteiger partial charge in [0.05, 0.1) is 0 Å². The van der Waals surface area contributed by atoms with Crippen LogP contribution in [0.1, 0.15) is 0 Å². The molecule has 52 valence electrons. The lowest BCUT2D eigenvalue weighted by Gasteiger charge is -2.07. The van der Waals surface area contributed by atoms with Crippen LogP contribution in [0.2, 0.25) is 13.1 Å². The maximum atomic E-state index is 8.33. The first kappa shape index (κ1) is 9.03. The van der Waals surface area contributed by atoms with Crippen molar-refractivity contribution < 1.29 is 5.11 Å². The first-order valence-corrected chi connectivity index (χ1v) is 6.53. The van der Waals surface area contributed by atoms with Gasteiger partial charge in [-0.05, 0) is 0 Å². The highest BCUT2D eigenvalue weighted by Gasteiger charge is 2.14. The smallest absolute Gasteiger partial charge is 0.146 e. The van der Waals surface area contributed by atoms with Crippen LogP contribution in [-0.2, 0) is 0 Å². The molecule has 0 unspecified atom stereocenters. The van der Waals surface area contributed by atoms with E-state index in [2.05, 4.69) is 24.6 Å². The lowest BCUT2D eigenvalue weighted by Crippen LogP contribution is -2.26. The van der Waals surface area contributed by atoms with Gasteiger partial charge in [-0.3, -0.25) is 0 Å². The van der Waals surface area contributed by atoms with Crippen LogP contribution in [0.4, 0.5) is 0 Å². The summed E-state index contributed by atoms with van der Waals surface area (Å²) in [7, 11) is -1.45. The number of hydrogen-bond acceptors (Lipinski definition) is 1. The van der Waals surface area contributed by atoms with Crippen molar-refractivity contribution in [3.63, 3.8) is 0 Å². The monoisotopic (exact) mass is 162 g/mol. The van der Waals surface area contributed by atoms with Gasteiger partial charge < -0.3 is 5.11 Å². The van der Waals surface area contributed by atoms with Crippen LogP contribution >= 0.6 is 11.6 Å². The third-order valence-corrected chi connectivity index (χ3v) is 4.37. The standard InChI is InChI=1S/C6H11ClOSi/c1-9(2,6-7)5-3-4-8/h8H,4,6H2,1-2H3. The second kappa shape index (κ2) is 3.94. The minimum absolute atomic E-state index is 0.0483. The Labute approximate surface area is 62.0 Å². The molecule has 9 heavy (non-hydrogen) atoms. The largest absolute Gasteiger partial charge is 0.384 e. The lowest BCUT2D eigenvalue weighted by atomic mass is 10.8. The van der Waals surface area contributed by atoms with Crippen LogP contribution < -0.4 is 0 Å². The Bertz CT molecular complexity index is 134. The molecular weight excluding hydrogens is 152 g/mol. The first-order valence-electron chi connectivity index (χ1n) is 2.79. The number of halogens is 1. The molecular formula is C6H11ClOSi. The van der Waals surface area contributed by atoms with E-state index in [-0.39, 0.29) is 6.61 Å². The Kier molecular flexibility index (Phi) is 3.95. The fraction of sp³-hybridized carbons (Fsp3) is 0.667. The molecule has 0 aromatic carbocycles. The summed E-state index contributed by atoms with van der Waals surface area (Å²) in [6.07, 6.45) is 0. The Morgan fingerprint density at radius 2 is 2.11 bits per heavy atom. The molecule has 0 saturated heterocycles. The minimum Gasteiger partial charge on any atom is -0.384 e. The molecule has 0 heterocycles. The van der Waals surface area contributed by atoms with E-state index < -0.39 is 8.07 Å². The van der Waals surface area contributed by atoms with Crippen LogP contribution in [0.3, 0.4) is 0 Å². The molecule has 0 amide bonds. The average molecular weight is 163 g/mol. The highest BCUT2D eigenvalue weighted by atomic mass is 35.5. The SMILES string of the molecule is C[Si](C)(C#CCO)CCl. The Morgan fingerprint density at radius 1 is 1.56 bits per heavy atom. The van der Waals surface area contributed by atoms with Gasteiger partial charge in [0.25, 0.3) is 0 Å². The maximum Gasteiger partial charge on any atom is 0.146 e. The van der Waals surface area contributed by atoms with E-state index in [4.69, 9.17) is 16.7 Å². The molecule has 1 N–H and O–H groups in total. The molecule has 0 aliphatic rings. The van der Waals surface area contributed by atoms with Crippen molar-refractivity contribution in [2.75, 3.05) is 12.1 Å². The quantitative estimate of drug-likeness (QED) is 0.347. The molecule has 0 spiro atoms. The predicted molar refractivity (Wildman–Crippen MR) is 43.1 cm³/mol. The van der Waals surface area contributed by atoms with Gasteiger partial charge in [0, 0.05) is 5.50 Å². The van der Waals surface area contributed by atoms with Crippen LogP contribution in [0.15, 0.2) is 0 Å². The number of aliphatic hydroxyl groups excluding tert-OH is 1. The third kappa shape index (κ3) is 4.53. The zero-order chi connectivity index (χ0) is 7.33. The highest BCUT2D eigenvalue weighted by molar-refractivity contribution is 6.89. The average Bonchev–Trinajstić information content (AvgIpc) is 1.84. The molecule has 0 aromatic heterocycles. The molecule has 0 fully saturated rings. The minimum atomic E-state index is -1.45. The van der Waals surface area contributed by atoms with E-state index in [0.717, 1.165) is 0 Å². The van der Waals surface area contributed by atoms with Gasteiger partial charge in [0.2, 0.25) is 0 Å². The molecule has 3 heteroatoms. The number of alkyl halides is 1. The van der Waals surface area contributed by atoms with Crippen LogP contribution in [0.5, 0.6) is 0 Å². The second-order valence-corrected chi connectivity index (χ2v) is 7.56. The van der Waals surface area contributed by atoms with E-state index in [0.29, 0.717) is 5.50 Å². The zero-order valence-electron chi connectivity index (χ0n) is 5.74. The van der Waals surface area contributed by atoms with Crippen molar-refractivity contribution >= 4 is 19.7 Å². The van der Waals surface area contributed by atoms with Crippen molar-refractivity contribution in [3.8, 4) is 11.5 Å². The summed E-state index contributed by atoms with van der Waals surface area (Å²) in [6.45, 7) is 4.10. The molecule has 0 aliphatic carbocycles. The van der Waals surface area contributed by atoms with Crippen molar-refractivity contribution in [2.24, 2.45) is 0 Å². The van der Waals surface area contributed by atoms with Gasteiger partial charge >= 0.3 is 0 Å². The lowest BCUT2D eigenvalue weighted by molar-refractivity contribution is 0.350. The van der Waals surface area contributed by atoms with Gasteiger partial charge in [-0.15, -0.1) is 17.1 Å². The summed E-state index contributed by atoms with van der Waals surface area (Å²) < 4.78 is 0. The number of aliphatic hydroxyl groups is 1. The van der Waals surface area contributed by atoms with Gasteiger partial charge in [0.1, 0.15) is 14.7 Å². The third-order valence-electron chi connectivity index (χ3n) is 0.840. The first-order chi connectivity index (χ1) is 4.12. The molecule has 0 atom stereocenters. The highest BCUT2D eigenvalue weighted by Crippen LogP contribution is 2.00. The van der Waals surface area contributed by atoms with Gasteiger partial charge in [-0.2, -0.15) is 0 Å². The topological polar surface area (TPSA) is 20.2 Å². The Morgan fingerprint density at radius 3 is 2.44 bits per heavy atom. The zero-order valence-corrected chi connectivity index (χ0v) is 7.50. The van der Waals surface area contributed by atoms with Crippen LogP contribution in [-0.4, -0.2) is 25.3 Å². The predicted octanol–water partition coefficient (Wildman–Crippen LogP) is 1.01. The number of rotatable bonds is 1. The fourth-order valence-corrected chi connectivity index (χ4v) is 1.14. The van der Waals surface area contributed by atoms with E-state index in [9.17, 15) is 0 Å². The van der Waals surface area contributed by atoms with Gasteiger partial charge in [-0.1, -0.05) is 19.0 Å². The molecule has 0 saturated carbocycles. The maximum absolute atomic E-state index is 8.33. The fourth-order valence-electron chi connectivity index (χ4n) is 0.312. The molecule has 0 aliphatic heterocycles. The molecule has 0 rings (SSSR count). The molecule has 1 nitrogen and oxygen atoms in total. The summed E-state index contributed by atoms with van der Waals surface area (Å²) in [4.78, 5) is 0. The van der Waals surface area contributed by atoms with Crippen molar-refractivity contribution in [2.45, 2.75) is 13.1 Å². The normalized spacial score (nSPS) is 10.2. The van der Waals surface area contributed by atoms with Gasteiger partial charge in [-0.25, -0.2) is 0 Å². The van der Waals surface area contributed by atoms with E-state index in [1.807, 2.05) is 0 Å². The van der Waals surface area contributed by atoms with E-state index in [1.165, 1.54) is 0 Å². The van der Waals surface area contributed by atoms with E-state index in [1.54, 1.807) is 0 Å². The molecule has 0 aromatic rings. The summed E-state index contributed by atoms with van der Waals surface area (Å²) in [5.74, 6) is 2.62. The van der Waals surface area contributed by atoms with E-state index >= 15 is 0 Å². The Balaban J connectivity index is 3.84. The molecule has 0 radical (unpaired) electrons. The number of hydrogen-bond donors (Lipinski definition) is 1. The second-order valence-electron chi connectivity index (χ2n) is 2.48. The summed E-state index contributed by atoms with van der Waals surface area (Å²) in [6, 6.07) is 0. The molecule has 0 bridgehead atoms. The summed E-state index contributed by atoms with van der Waals surface area (Å²) in [5, 5.41) is 8.33. The van der Waals surface area contributed by atoms with Crippen LogP contribution in [0.25, 0.3) is 0 Å². The Hall–Kier alpha value is 0.0269. The van der Waals surface area contributed by atoms with Crippen molar-refractivity contribution in [1.82, 2.24) is 0 Å². The summed E-state index contributed by atoms with van der Waals surface area (Å²) >= 11 is 5.61. The van der Waals surface area contributed by atoms with Crippen molar-refractivity contribution in [1.29, 1.82) is 0 Å². The van der Waals surface area contributed by atoms with Crippen LogP contribution in [0, 0.1) is 11.5 Å². The van der Waals surface area contributed by atoms with Crippen molar-refractivity contribution in [3.05, 3.63) is 0 Å². The van der Waals surface area contributed by atoms with Gasteiger partial charge in [0.15, 0.2) is 0 Å². The summed E-state index contributed by atoms with van der Waals surface area (Å²) in [5.41, 5.74) is 3.60.